The van der Waals surface area contributed by atoms with Gasteiger partial charge in [0.25, 0.3) is 0 Å². The quantitative estimate of drug-likeness (QED) is 0.464. The monoisotopic (exact) mass is 391 g/mol. The molecule has 2 rings (SSSR count). The van der Waals surface area contributed by atoms with E-state index >= 15 is 0 Å². The lowest BCUT2D eigenvalue weighted by atomic mass is 10.0. The summed E-state index contributed by atoms with van der Waals surface area (Å²) in [5, 5.41) is 0. The number of hydrogen-bond donors (Lipinski definition) is 0. The van der Waals surface area contributed by atoms with Crippen LogP contribution in [0.2, 0.25) is 0 Å². The summed E-state index contributed by atoms with van der Waals surface area (Å²) in [4.78, 5) is 14.5. The first-order valence-electron chi connectivity index (χ1n) is 9.92. The van der Waals surface area contributed by atoms with Crippen LogP contribution in [0.1, 0.15) is 58.4 Å². The van der Waals surface area contributed by atoms with Crippen molar-refractivity contribution < 1.29 is 13.2 Å². The van der Waals surface area contributed by atoms with E-state index in [9.17, 15) is 13.2 Å². The summed E-state index contributed by atoms with van der Waals surface area (Å²) in [6.07, 6.45) is 8.63. The van der Waals surface area contributed by atoms with E-state index < -0.39 is 14.6 Å². The molecule has 1 heterocycles. The van der Waals surface area contributed by atoms with Crippen molar-refractivity contribution in [1.82, 2.24) is 0 Å². The Morgan fingerprint density at radius 1 is 1.04 bits per heavy atom. The Bertz CT molecular complexity index is 743. The smallest absolute Gasteiger partial charge is 0.155 e. The number of sulfone groups is 1. The molecule has 0 amide bonds. The molecule has 1 aliphatic heterocycles. The molecule has 0 aliphatic carbocycles. The Balaban J connectivity index is 1.69. The number of unbranched alkanes of at least 4 members (excludes halogenated alkanes) is 2. The van der Waals surface area contributed by atoms with E-state index in [0.717, 1.165) is 37.9 Å². The predicted octanol–water partition coefficient (Wildman–Crippen LogP) is 4.34. The molecule has 0 bridgehead atoms. The average Bonchev–Trinajstić information content (AvgIpc) is 2.62. The van der Waals surface area contributed by atoms with Crippen LogP contribution in [-0.2, 0) is 21.1 Å². The number of hydrogen-bond acceptors (Lipinski definition) is 4. The Hall–Kier alpha value is -1.62. The summed E-state index contributed by atoms with van der Waals surface area (Å²) < 4.78 is 23.4. The summed E-state index contributed by atoms with van der Waals surface area (Å²) in [7, 11) is -3.05. The minimum atomic E-state index is -3.05. The molecule has 150 valence electrons. The zero-order chi connectivity index (χ0) is 19.9. The van der Waals surface area contributed by atoms with Crippen molar-refractivity contribution in [1.29, 1.82) is 0 Å². The van der Waals surface area contributed by atoms with E-state index in [4.69, 9.17) is 0 Å². The first-order chi connectivity index (χ1) is 12.7. The molecule has 1 aliphatic rings. The Morgan fingerprint density at radius 2 is 1.74 bits per heavy atom. The van der Waals surface area contributed by atoms with Crippen molar-refractivity contribution in [3.8, 4) is 0 Å². The lowest BCUT2D eigenvalue weighted by molar-refractivity contribution is -0.118. The normalized spacial score (nSPS) is 15.1. The average molecular weight is 392 g/mol. The number of anilines is 1. The number of benzene rings is 1. The standard InChI is InChI=1S/C22H33NO3S/c1-22(2,3)27(25,26)17-9-4-6-10-21(24)18-19-11-13-20(14-12-19)23-15-7-5-8-16-23/h5,7,11-14H,4,6,8-10,15-18H2,1-3H3. The Morgan fingerprint density at radius 3 is 2.33 bits per heavy atom. The molecule has 4 nitrogen and oxygen atoms in total. The molecule has 0 saturated carbocycles. The second kappa shape index (κ2) is 9.54. The molecule has 0 radical (unpaired) electrons. The number of carbonyl (C=O) groups is 1. The molecular weight excluding hydrogens is 358 g/mol. The van der Waals surface area contributed by atoms with E-state index in [1.807, 2.05) is 12.1 Å². The zero-order valence-electron chi connectivity index (χ0n) is 16.9. The topological polar surface area (TPSA) is 54.5 Å². The number of nitrogens with zero attached hydrogens (tertiary/aromatic N) is 1. The highest BCUT2D eigenvalue weighted by atomic mass is 32.2. The molecule has 0 fully saturated rings. The highest BCUT2D eigenvalue weighted by Gasteiger charge is 2.27. The van der Waals surface area contributed by atoms with E-state index in [2.05, 4.69) is 29.2 Å². The molecule has 0 N–H and O–H groups in total. The molecule has 1 aromatic rings. The fourth-order valence-corrected chi connectivity index (χ4v) is 4.31. The molecule has 0 atom stereocenters. The second-order valence-electron chi connectivity index (χ2n) is 8.33. The van der Waals surface area contributed by atoms with Crippen LogP contribution < -0.4 is 4.90 Å². The van der Waals surface area contributed by atoms with Gasteiger partial charge in [-0.05, 0) is 57.7 Å². The zero-order valence-corrected chi connectivity index (χ0v) is 17.7. The van der Waals surface area contributed by atoms with Crippen LogP contribution in [0.4, 0.5) is 5.69 Å². The van der Waals surface area contributed by atoms with Crippen LogP contribution in [0.25, 0.3) is 0 Å². The van der Waals surface area contributed by atoms with Gasteiger partial charge >= 0.3 is 0 Å². The third kappa shape index (κ3) is 6.80. The van der Waals surface area contributed by atoms with Crippen molar-refractivity contribution in [3.63, 3.8) is 0 Å². The van der Waals surface area contributed by atoms with Crippen LogP contribution in [0.5, 0.6) is 0 Å². The predicted molar refractivity (Wildman–Crippen MR) is 113 cm³/mol. The molecule has 0 aromatic heterocycles. The number of carbonyl (C=O) groups excluding carboxylic acids is 1. The van der Waals surface area contributed by atoms with Crippen LogP contribution in [0.15, 0.2) is 36.4 Å². The van der Waals surface area contributed by atoms with Gasteiger partial charge in [0.1, 0.15) is 5.78 Å². The van der Waals surface area contributed by atoms with Crippen molar-refractivity contribution >= 4 is 21.3 Å². The second-order valence-corrected chi connectivity index (χ2v) is 11.2. The SMILES string of the molecule is CC(C)(C)S(=O)(=O)CCCCCC(=O)Cc1ccc(N2CC=CCC2)cc1. The number of rotatable bonds is 9. The van der Waals surface area contributed by atoms with Gasteiger partial charge in [-0.25, -0.2) is 8.42 Å². The van der Waals surface area contributed by atoms with Crippen molar-refractivity contribution in [2.24, 2.45) is 0 Å². The Kier molecular flexibility index (Phi) is 7.66. The largest absolute Gasteiger partial charge is 0.368 e. The third-order valence-corrected chi connectivity index (χ3v) is 7.75. The van der Waals surface area contributed by atoms with Crippen LogP contribution in [-0.4, -0.2) is 37.8 Å². The minimum absolute atomic E-state index is 0.206. The summed E-state index contributed by atoms with van der Waals surface area (Å²) in [5.74, 6) is 0.431. The van der Waals surface area contributed by atoms with E-state index in [0.29, 0.717) is 19.3 Å². The summed E-state index contributed by atoms with van der Waals surface area (Å²) in [5.41, 5.74) is 2.25. The maximum absolute atomic E-state index is 12.2. The van der Waals surface area contributed by atoms with Gasteiger partial charge in [0, 0.05) is 31.6 Å². The van der Waals surface area contributed by atoms with Gasteiger partial charge < -0.3 is 4.90 Å². The lowest BCUT2D eigenvalue weighted by Crippen LogP contribution is -2.30. The maximum atomic E-state index is 12.2. The van der Waals surface area contributed by atoms with E-state index in [1.165, 1.54) is 5.69 Å². The summed E-state index contributed by atoms with van der Waals surface area (Å²) in [6, 6.07) is 8.28. The molecular formula is C22H33NO3S. The molecule has 27 heavy (non-hydrogen) atoms. The first kappa shape index (κ1) is 21.7. The van der Waals surface area contributed by atoms with Gasteiger partial charge in [0.2, 0.25) is 0 Å². The summed E-state index contributed by atoms with van der Waals surface area (Å²) in [6.45, 7) is 7.19. The molecule has 0 unspecified atom stereocenters. The number of ketones is 1. The lowest BCUT2D eigenvalue weighted by Gasteiger charge is -2.25. The van der Waals surface area contributed by atoms with Gasteiger partial charge in [0.05, 0.1) is 10.5 Å². The van der Waals surface area contributed by atoms with Crippen molar-refractivity contribution in [2.45, 2.75) is 64.0 Å². The van der Waals surface area contributed by atoms with E-state index in [1.54, 1.807) is 20.8 Å². The van der Waals surface area contributed by atoms with Gasteiger partial charge in [-0.2, -0.15) is 0 Å². The highest BCUT2D eigenvalue weighted by Crippen LogP contribution is 2.19. The van der Waals surface area contributed by atoms with Gasteiger partial charge in [0.15, 0.2) is 9.84 Å². The van der Waals surface area contributed by atoms with Crippen LogP contribution >= 0.6 is 0 Å². The Labute approximate surface area is 164 Å². The van der Waals surface area contributed by atoms with Gasteiger partial charge in [-0.15, -0.1) is 0 Å². The van der Waals surface area contributed by atoms with Crippen LogP contribution in [0.3, 0.4) is 0 Å². The molecule has 0 saturated heterocycles. The molecule has 5 heteroatoms. The maximum Gasteiger partial charge on any atom is 0.155 e. The molecule has 1 aromatic carbocycles. The number of Topliss-reactive ketones (excluding diaryl/α,β-unsaturated/α-hetero) is 1. The summed E-state index contributed by atoms with van der Waals surface area (Å²) >= 11 is 0. The van der Waals surface area contributed by atoms with Crippen molar-refractivity contribution in [3.05, 3.63) is 42.0 Å². The van der Waals surface area contributed by atoms with E-state index in [-0.39, 0.29) is 11.5 Å². The first-order valence-corrected chi connectivity index (χ1v) is 11.6. The van der Waals surface area contributed by atoms with Gasteiger partial charge in [-0.3, -0.25) is 4.79 Å². The fourth-order valence-electron chi connectivity index (χ4n) is 3.11. The fraction of sp³-hybridized carbons (Fsp3) is 0.591. The minimum Gasteiger partial charge on any atom is -0.368 e. The molecule has 0 spiro atoms. The van der Waals surface area contributed by atoms with Crippen molar-refractivity contribution in [2.75, 3.05) is 23.7 Å². The highest BCUT2D eigenvalue weighted by molar-refractivity contribution is 7.92. The van der Waals surface area contributed by atoms with Gasteiger partial charge in [-0.1, -0.05) is 30.7 Å². The third-order valence-electron chi connectivity index (χ3n) is 5.06. The van der Waals surface area contributed by atoms with Crippen LogP contribution in [0, 0.1) is 0 Å².